The van der Waals surface area contributed by atoms with Crippen LogP contribution in [0.3, 0.4) is 0 Å². The molecular weight excluding hydrogens is 218 g/mol. The Labute approximate surface area is 83.4 Å². The molecule has 1 saturated heterocycles. The third kappa shape index (κ3) is 3.42. The molecule has 0 radical (unpaired) electrons. The quantitative estimate of drug-likeness (QED) is 0.692. The third-order valence-corrected chi connectivity index (χ3v) is 3.64. The van der Waals surface area contributed by atoms with Crippen molar-refractivity contribution in [3.8, 4) is 0 Å². The standard InChI is InChI=1S/C9H18BrNO/c1-9(2,7-10)8-11-3-5-12-6-4-11/h3-8H2,1-2H3. The van der Waals surface area contributed by atoms with Crippen molar-refractivity contribution in [2.24, 2.45) is 5.41 Å². The molecule has 2 nitrogen and oxygen atoms in total. The molecule has 72 valence electrons. The molecule has 1 rings (SSSR count). The molecule has 0 unspecified atom stereocenters. The predicted molar refractivity (Wildman–Crippen MR) is 54.8 cm³/mol. The summed E-state index contributed by atoms with van der Waals surface area (Å²) in [7, 11) is 0. The molecule has 1 fully saturated rings. The van der Waals surface area contributed by atoms with Gasteiger partial charge < -0.3 is 4.74 Å². The third-order valence-electron chi connectivity index (χ3n) is 2.12. The summed E-state index contributed by atoms with van der Waals surface area (Å²) in [6, 6.07) is 0. The van der Waals surface area contributed by atoms with Gasteiger partial charge in [-0.1, -0.05) is 29.8 Å². The van der Waals surface area contributed by atoms with Crippen LogP contribution < -0.4 is 0 Å². The highest BCUT2D eigenvalue weighted by Crippen LogP contribution is 2.20. The predicted octanol–water partition coefficient (Wildman–Crippen LogP) is 1.74. The van der Waals surface area contributed by atoms with Crippen LogP contribution in [0, 0.1) is 5.41 Å². The number of nitrogens with zero attached hydrogens (tertiary/aromatic N) is 1. The van der Waals surface area contributed by atoms with Crippen LogP contribution in [0.4, 0.5) is 0 Å². The van der Waals surface area contributed by atoms with Crippen molar-refractivity contribution in [1.29, 1.82) is 0 Å². The summed E-state index contributed by atoms with van der Waals surface area (Å²) in [4.78, 5) is 2.48. The van der Waals surface area contributed by atoms with E-state index in [1.165, 1.54) is 6.54 Å². The summed E-state index contributed by atoms with van der Waals surface area (Å²) < 4.78 is 5.29. The summed E-state index contributed by atoms with van der Waals surface area (Å²) >= 11 is 3.54. The summed E-state index contributed by atoms with van der Waals surface area (Å²) in [6.45, 7) is 9.74. The van der Waals surface area contributed by atoms with Crippen LogP contribution in [0.1, 0.15) is 13.8 Å². The summed E-state index contributed by atoms with van der Waals surface area (Å²) in [5, 5.41) is 1.07. The molecule has 0 N–H and O–H groups in total. The van der Waals surface area contributed by atoms with Crippen molar-refractivity contribution < 1.29 is 4.74 Å². The summed E-state index contributed by atoms with van der Waals surface area (Å²) in [5.41, 5.74) is 0.386. The maximum Gasteiger partial charge on any atom is 0.0594 e. The second kappa shape index (κ2) is 4.58. The molecule has 0 aromatic carbocycles. The highest BCUT2D eigenvalue weighted by molar-refractivity contribution is 9.09. The number of halogens is 1. The van der Waals surface area contributed by atoms with E-state index in [9.17, 15) is 0 Å². The van der Waals surface area contributed by atoms with Crippen LogP contribution in [-0.2, 0) is 4.74 Å². The molecule has 0 bridgehead atoms. The van der Waals surface area contributed by atoms with Crippen molar-refractivity contribution in [2.75, 3.05) is 38.2 Å². The maximum atomic E-state index is 5.29. The van der Waals surface area contributed by atoms with Crippen LogP contribution in [0.15, 0.2) is 0 Å². The van der Waals surface area contributed by atoms with E-state index in [0.717, 1.165) is 31.6 Å². The fourth-order valence-corrected chi connectivity index (χ4v) is 1.58. The molecule has 1 aliphatic rings. The smallest absolute Gasteiger partial charge is 0.0594 e. The Balaban J connectivity index is 2.28. The van der Waals surface area contributed by atoms with E-state index < -0.39 is 0 Å². The van der Waals surface area contributed by atoms with Gasteiger partial charge in [0.15, 0.2) is 0 Å². The van der Waals surface area contributed by atoms with Gasteiger partial charge in [-0.2, -0.15) is 0 Å². The van der Waals surface area contributed by atoms with E-state index in [0.29, 0.717) is 5.41 Å². The largest absolute Gasteiger partial charge is 0.379 e. The molecule has 0 saturated carbocycles. The molecule has 1 aliphatic heterocycles. The Morgan fingerprint density at radius 2 is 1.92 bits per heavy atom. The van der Waals surface area contributed by atoms with E-state index in [1.54, 1.807) is 0 Å². The topological polar surface area (TPSA) is 12.5 Å². The van der Waals surface area contributed by atoms with Crippen LogP contribution in [0.25, 0.3) is 0 Å². The van der Waals surface area contributed by atoms with Gasteiger partial charge in [-0.3, -0.25) is 4.90 Å². The Bertz CT molecular complexity index is 132. The van der Waals surface area contributed by atoms with Gasteiger partial charge >= 0.3 is 0 Å². The monoisotopic (exact) mass is 235 g/mol. The van der Waals surface area contributed by atoms with E-state index in [-0.39, 0.29) is 0 Å². The molecule has 0 aliphatic carbocycles. The van der Waals surface area contributed by atoms with Crippen molar-refractivity contribution in [3.05, 3.63) is 0 Å². The minimum Gasteiger partial charge on any atom is -0.379 e. The zero-order valence-electron chi connectivity index (χ0n) is 7.98. The normalized spacial score (nSPS) is 21.2. The molecule has 0 amide bonds. The minimum absolute atomic E-state index is 0.386. The Morgan fingerprint density at radius 1 is 1.33 bits per heavy atom. The summed E-state index contributed by atoms with van der Waals surface area (Å²) in [6.07, 6.45) is 0. The van der Waals surface area contributed by atoms with Gasteiger partial charge in [0, 0.05) is 25.0 Å². The lowest BCUT2D eigenvalue weighted by molar-refractivity contribution is 0.0243. The van der Waals surface area contributed by atoms with Crippen LogP contribution >= 0.6 is 15.9 Å². The first-order valence-electron chi connectivity index (χ1n) is 4.50. The van der Waals surface area contributed by atoms with Gasteiger partial charge in [-0.15, -0.1) is 0 Å². The molecule has 0 aromatic heterocycles. The zero-order valence-corrected chi connectivity index (χ0v) is 9.56. The fourth-order valence-electron chi connectivity index (χ4n) is 1.41. The Hall–Kier alpha value is 0.400. The van der Waals surface area contributed by atoms with Gasteiger partial charge in [0.05, 0.1) is 13.2 Å². The van der Waals surface area contributed by atoms with Crippen LogP contribution in [0.5, 0.6) is 0 Å². The zero-order chi connectivity index (χ0) is 9.03. The molecule has 3 heteroatoms. The van der Waals surface area contributed by atoms with Crippen molar-refractivity contribution in [2.45, 2.75) is 13.8 Å². The number of morpholine rings is 1. The maximum absolute atomic E-state index is 5.29. The molecule has 0 atom stereocenters. The average molecular weight is 236 g/mol. The van der Waals surface area contributed by atoms with Crippen LogP contribution in [-0.4, -0.2) is 43.1 Å². The minimum atomic E-state index is 0.386. The first kappa shape index (κ1) is 10.5. The van der Waals surface area contributed by atoms with E-state index >= 15 is 0 Å². The molecular formula is C9H18BrNO. The molecule has 0 spiro atoms. The molecule has 1 heterocycles. The van der Waals surface area contributed by atoms with Crippen molar-refractivity contribution >= 4 is 15.9 Å². The highest BCUT2D eigenvalue weighted by atomic mass is 79.9. The number of ether oxygens (including phenoxy) is 1. The van der Waals surface area contributed by atoms with Gasteiger partial charge in [0.2, 0.25) is 0 Å². The highest BCUT2D eigenvalue weighted by Gasteiger charge is 2.21. The van der Waals surface area contributed by atoms with Crippen molar-refractivity contribution in [1.82, 2.24) is 4.90 Å². The number of hydrogen-bond donors (Lipinski definition) is 0. The molecule has 12 heavy (non-hydrogen) atoms. The lowest BCUT2D eigenvalue weighted by atomic mass is 9.96. The Morgan fingerprint density at radius 3 is 2.42 bits per heavy atom. The van der Waals surface area contributed by atoms with Crippen molar-refractivity contribution in [3.63, 3.8) is 0 Å². The van der Waals surface area contributed by atoms with Gasteiger partial charge in [-0.05, 0) is 5.41 Å². The second-order valence-electron chi connectivity index (χ2n) is 4.19. The lowest BCUT2D eigenvalue weighted by Gasteiger charge is -2.33. The van der Waals surface area contributed by atoms with E-state index in [4.69, 9.17) is 4.74 Å². The molecule has 0 aromatic rings. The first-order chi connectivity index (χ1) is 5.64. The Kier molecular flexibility index (Phi) is 4.00. The van der Waals surface area contributed by atoms with E-state index in [1.807, 2.05) is 0 Å². The second-order valence-corrected chi connectivity index (χ2v) is 4.75. The van der Waals surface area contributed by atoms with Gasteiger partial charge in [0.25, 0.3) is 0 Å². The van der Waals surface area contributed by atoms with Crippen LogP contribution in [0.2, 0.25) is 0 Å². The average Bonchev–Trinajstić information content (AvgIpc) is 2.06. The SMILES string of the molecule is CC(C)(CBr)CN1CCOCC1. The lowest BCUT2D eigenvalue weighted by Crippen LogP contribution is -2.42. The van der Waals surface area contributed by atoms with Gasteiger partial charge in [-0.25, -0.2) is 0 Å². The van der Waals surface area contributed by atoms with E-state index in [2.05, 4.69) is 34.7 Å². The fraction of sp³-hybridized carbons (Fsp3) is 1.00. The first-order valence-corrected chi connectivity index (χ1v) is 5.62. The summed E-state index contributed by atoms with van der Waals surface area (Å²) in [5.74, 6) is 0. The number of alkyl halides is 1. The number of rotatable bonds is 3. The van der Waals surface area contributed by atoms with Gasteiger partial charge in [0.1, 0.15) is 0 Å². The number of hydrogen-bond acceptors (Lipinski definition) is 2.